The monoisotopic (exact) mass is 386 g/mol. The summed E-state index contributed by atoms with van der Waals surface area (Å²) in [6.07, 6.45) is 1.14. The molecule has 0 atom stereocenters. The number of non-ortho nitro benzene ring substituents is 1. The second-order valence-electron chi connectivity index (χ2n) is 5.24. The number of halogens is 1. The maximum Gasteiger partial charge on any atom is 0.353 e. The Hall–Kier alpha value is -3.79. The molecule has 0 saturated carbocycles. The van der Waals surface area contributed by atoms with Crippen molar-refractivity contribution in [2.24, 2.45) is 0 Å². The zero-order chi connectivity index (χ0) is 19.4. The van der Waals surface area contributed by atoms with Gasteiger partial charge in [0, 0.05) is 28.5 Å². The van der Waals surface area contributed by atoms with Gasteiger partial charge in [-0.15, -0.1) is 0 Å². The lowest BCUT2D eigenvalue weighted by atomic mass is 10.2. The van der Waals surface area contributed by atoms with Crippen LogP contribution in [0.1, 0.15) is 0 Å². The topological polar surface area (TPSA) is 136 Å². The average molecular weight is 387 g/mol. The van der Waals surface area contributed by atoms with Crippen molar-refractivity contribution in [1.82, 2.24) is 9.97 Å². The molecule has 0 aliphatic rings. The van der Waals surface area contributed by atoms with Crippen molar-refractivity contribution in [3.8, 4) is 0 Å². The molecule has 1 aromatic heterocycles. The van der Waals surface area contributed by atoms with E-state index in [9.17, 15) is 20.2 Å². The summed E-state index contributed by atoms with van der Waals surface area (Å²) < 4.78 is 0. The number of hydrogen-bond acceptors (Lipinski definition) is 8. The second-order valence-corrected chi connectivity index (χ2v) is 5.68. The Balaban J connectivity index is 1.97. The fraction of sp³-hybridized carbons (Fsp3) is 0. The van der Waals surface area contributed by atoms with Crippen LogP contribution in [0.25, 0.3) is 0 Å². The molecule has 2 N–H and O–H groups in total. The number of nitro benzene ring substituents is 1. The average Bonchev–Trinajstić information content (AvgIpc) is 2.62. The number of nitrogens with zero attached hydrogens (tertiary/aromatic N) is 4. The first kappa shape index (κ1) is 18.0. The largest absolute Gasteiger partial charge is 0.353 e. The fourth-order valence-corrected chi connectivity index (χ4v) is 2.46. The van der Waals surface area contributed by atoms with Crippen molar-refractivity contribution in [1.29, 1.82) is 0 Å². The predicted molar refractivity (Wildman–Crippen MR) is 99.8 cm³/mol. The van der Waals surface area contributed by atoms with Crippen LogP contribution in [-0.2, 0) is 0 Å². The highest BCUT2D eigenvalue weighted by molar-refractivity contribution is 6.30. The van der Waals surface area contributed by atoms with E-state index in [1.54, 1.807) is 24.3 Å². The van der Waals surface area contributed by atoms with Gasteiger partial charge in [-0.2, -0.15) is 0 Å². The Morgan fingerprint density at radius 3 is 2.00 bits per heavy atom. The minimum Gasteiger partial charge on any atom is -0.334 e. The lowest BCUT2D eigenvalue weighted by Crippen LogP contribution is -2.05. The summed E-state index contributed by atoms with van der Waals surface area (Å²) in [6.45, 7) is 0. The minimum absolute atomic E-state index is 0.0507. The van der Waals surface area contributed by atoms with Gasteiger partial charge in [0.25, 0.3) is 5.69 Å². The van der Waals surface area contributed by atoms with Crippen LogP contribution >= 0.6 is 11.6 Å². The van der Waals surface area contributed by atoms with Gasteiger partial charge in [0.2, 0.25) is 11.6 Å². The van der Waals surface area contributed by atoms with Gasteiger partial charge in [-0.25, -0.2) is 9.97 Å². The van der Waals surface area contributed by atoms with Crippen LogP contribution in [0.15, 0.2) is 54.9 Å². The van der Waals surface area contributed by atoms with E-state index in [4.69, 9.17) is 11.6 Å². The highest BCUT2D eigenvalue weighted by Gasteiger charge is 2.23. The first-order valence-corrected chi connectivity index (χ1v) is 7.85. The van der Waals surface area contributed by atoms with Crippen LogP contribution in [0.5, 0.6) is 0 Å². The summed E-state index contributed by atoms with van der Waals surface area (Å²) in [4.78, 5) is 29.1. The van der Waals surface area contributed by atoms with E-state index in [-0.39, 0.29) is 23.0 Å². The van der Waals surface area contributed by atoms with Crippen LogP contribution < -0.4 is 10.6 Å². The molecule has 0 fully saturated rings. The molecule has 1 heterocycles. The molecule has 0 aliphatic carbocycles. The maximum atomic E-state index is 11.6. The third-order valence-electron chi connectivity index (χ3n) is 3.41. The van der Waals surface area contributed by atoms with Crippen molar-refractivity contribution >= 4 is 46.0 Å². The second kappa shape index (κ2) is 7.62. The molecular formula is C16H11ClN6O4. The zero-order valence-electron chi connectivity index (χ0n) is 13.5. The summed E-state index contributed by atoms with van der Waals surface area (Å²) in [7, 11) is 0. The highest BCUT2D eigenvalue weighted by Crippen LogP contribution is 2.33. The van der Waals surface area contributed by atoms with Crippen LogP contribution in [0.3, 0.4) is 0 Å². The molecular weight excluding hydrogens is 376 g/mol. The van der Waals surface area contributed by atoms with E-state index >= 15 is 0 Å². The van der Waals surface area contributed by atoms with Crippen molar-refractivity contribution in [2.45, 2.75) is 0 Å². The Bertz CT molecular complexity index is 1030. The quantitative estimate of drug-likeness (QED) is 0.468. The molecule has 27 heavy (non-hydrogen) atoms. The highest BCUT2D eigenvalue weighted by atomic mass is 35.5. The molecule has 3 rings (SSSR count). The lowest BCUT2D eigenvalue weighted by Gasteiger charge is -2.10. The van der Waals surface area contributed by atoms with Gasteiger partial charge in [0.1, 0.15) is 6.33 Å². The summed E-state index contributed by atoms with van der Waals surface area (Å²) in [5.74, 6) is -0.162. The first-order valence-electron chi connectivity index (χ1n) is 7.47. The SMILES string of the molecule is O=[N+]([O-])c1cccc(Nc2ncnc(Nc3cccc(Cl)c3)c2[N+](=O)[O-])c1. The maximum absolute atomic E-state index is 11.6. The molecule has 0 unspecified atom stereocenters. The first-order chi connectivity index (χ1) is 12.9. The van der Waals surface area contributed by atoms with Crippen molar-refractivity contribution < 1.29 is 9.85 Å². The fourth-order valence-electron chi connectivity index (χ4n) is 2.27. The number of aromatic nitrogens is 2. The van der Waals surface area contributed by atoms with E-state index < -0.39 is 15.5 Å². The molecule has 0 amide bonds. The number of nitro groups is 2. The van der Waals surface area contributed by atoms with Crippen molar-refractivity contribution in [3.05, 3.63) is 80.1 Å². The van der Waals surface area contributed by atoms with Gasteiger partial charge in [0.05, 0.1) is 9.85 Å². The van der Waals surface area contributed by atoms with E-state index in [1.165, 1.54) is 24.3 Å². The van der Waals surface area contributed by atoms with E-state index in [0.29, 0.717) is 10.7 Å². The molecule has 0 bridgehead atoms. The van der Waals surface area contributed by atoms with Gasteiger partial charge in [-0.05, 0) is 24.3 Å². The molecule has 11 heteroatoms. The number of benzene rings is 2. The normalized spacial score (nSPS) is 10.3. The third kappa shape index (κ3) is 4.25. The molecule has 10 nitrogen and oxygen atoms in total. The molecule has 3 aromatic rings. The molecule has 0 spiro atoms. The Morgan fingerprint density at radius 1 is 0.852 bits per heavy atom. The van der Waals surface area contributed by atoms with Crippen molar-refractivity contribution in [2.75, 3.05) is 10.6 Å². The zero-order valence-corrected chi connectivity index (χ0v) is 14.3. The Kier molecular flexibility index (Phi) is 5.08. The predicted octanol–water partition coefficient (Wildman–Crippen LogP) is 4.43. The van der Waals surface area contributed by atoms with Crippen LogP contribution in [0, 0.1) is 20.2 Å². The van der Waals surface area contributed by atoms with E-state index in [1.807, 2.05) is 0 Å². The third-order valence-corrected chi connectivity index (χ3v) is 3.65. The number of anilines is 4. The van der Waals surface area contributed by atoms with Crippen LogP contribution in [0.2, 0.25) is 5.02 Å². The standard InChI is InChI=1S/C16H11ClN6O4/c17-10-3-1-4-11(7-10)20-15-14(23(26)27)16(19-9-18-15)21-12-5-2-6-13(8-12)22(24)25/h1-9H,(H2,18,19,20,21). The number of nitrogens with one attached hydrogen (secondary N) is 2. The van der Waals surface area contributed by atoms with Crippen LogP contribution in [-0.4, -0.2) is 19.8 Å². The van der Waals surface area contributed by atoms with Gasteiger partial charge in [0.15, 0.2) is 0 Å². The van der Waals surface area contributed by atoms with E-state index in [2.05, 4.69) is 20.6 Å². The van der Waals surface area contributed by atoms with Gasteiger partial charge in [-0.3, -0.25) is 20.2 Å². The summed E-state index contributed by atoms with van der Waals surface area (Å²) in [5.41, 5.74) is 0.211. The summed E-state index contributed by atoms with van der Waals surface area (Å²) in [5, 5.41) is 28.5. The van der Waals surface area contributed by atoms with Gasteiger partial charge >= 0.3 is 5.69 Å². The Morgan fingerprint density at radius 2 is 1.44 bits per heavy atom. The summed E-state index contributed by atoms with van der Waals surface area (Å²) in [6, 6.07) is 12.1. The van der Waals surface area contributed by atoms with Crippen molar-refractivity contribution in [3.63, 3.8) is 0 Å². The summed E-state index contributed by atoms with van der Waals surface area (Å²) >= 11 is 5.92. The van der Waals surface area contributed by atoms with Gasteiger partial charge in [-0.1, -0.05) is 23.7 Å². The Labute approximate surface area is 157 Å². The minimum atomic E-state index is -0.646. The molecule has 0 radical (unpaired) electrons. The lowest BCUT2D eigenvalue weighted by molar-refractivity contribution is -0.384. The number of rotatable bonds is 6. The molecule has 0 saturated heterocycles. The molecule has 0 aliphatic heterocycles. The van der Waals surface area contributed by atoms with Gasteiger partial charge < -0.3 is 10.6 Å². The van der Waals surface area contributed by atoms with E-state index in [0.717, 1.165) is 6.33 Å². The smallest absolute Gasteiger partial charge is 0.334 e. The molecule has 2 aromatic carbocycles. The number of hydrogen-bond donors (Lipinski definition) is 2. The molecule has 136 valence electrons. The van der Waals surface area contributed by atoms with Crippen LogP contribution in [0.4, 0.5) is 34.4 Å².